The predicted molar refractivity (Wildman–Crippen MR) is 135 cm³/mol. The van der Waals surface area contributed by atoms with E-state index in [1.807, 2.05) is 0 Å². The van der Waals surface area contributed by atoms with Gasteiger partial charge < -0.3 is 15.5 Å². The molecule has 12 heteroatoms. The maximum atomic E-state index is 13.7. The molecule has 3 N–H and O–H groups in total. The molecule has 5 atom stereocenters. The quantitative estimate of drug-likeness (QED) is 0.400. The first-order chi connectivity index (χ1) is 18.0. The van der Waals surface area contributed by atoms with E-state index in [0.717, 1.165) is 12.1 Å². The van der Waals surface area contributed by atoms with Crippen LogP contribution in [0.25, 0.3) is 0 Å². The Morgan fingerprint density at radius 1 is 1.16 bits per heavy atom. The van der Waals surface area contributed by atoms with Crippen LogP contribution in [0.3, 0.4) is 0 Å². The van der Waals surface area contributed by atoms with Crippen LogP contribution in [0.5, 0.6) is 0 Å². The average molecular weight is 566 g/mol. The number of hydrogen-bond acceptors (Lipinski definition) is 6. The minimum atomic E-state index is -4.02. The van der Waals surface area contributed by atoms with Gasteiger partial charge in [0.2, 0.25) is 0 Å². The van der Waals surface area contributed by atoms with Gasteiger partial charge in [-0.1, -0.05) is 11.6 Å². The number of carbonyl (C=O) groups excluding carboxylic acids is 1. The number of amides is 1. The monoisotopic (exact) mass is 565 g/mol. The predicted octanol–water partition coefficient (Wildman–Crippen LogP) is 3.82. The zero-order chi connectivity index (χ0) is 27.2. The molecule has 0 radical (unpaired) electrons. The number of nitrogens with one attached hydrogen (secondary N) is 1. The van der Waals surface area contributed by atoms with E-state index in [-0.39, 0.29) is 40.6 Å². The number of sulfone groups is 1. The first-order valence-electron chi connectivity index (χ1n) is 12.2. The van der Waals surface area contributed by atoms with Crippen molar-refractivity contribution < 1.29 is 32.2 Å². The molecule has 38 heavy (non-hydrogen) atoms. The maximum Gasteiger partial charge on any atom is 0.255 e. The molecular weight excluding hydrogens is 540 g/mol. The van der Waals surface area contributed by atoms with Crippen molar-refractivity contribution in [2.75, 3.05) is 5.32 Å². The summed E-state index contributed by atoms with van der Waals surface area (Å²) in [4.78, 5) is 12.5. The van der Waals surface area contributed by atoms with Crippen LogP contribution in [0.4, 0.5) is 14.5 Å². The van der Waals surface area contributed by atoms with Crippen molar-refractivity contribution in [1.82, 2.24) is 9.78 Å². The van der Waals surface area contributed by atoms with Crippen molar-refractivity contribution in [2.24, 2.45) is 11.8 Å². The SMILES string of the molecule is O=C(Nc1ccc(F)c(F)c1)c1ccc(Cl)c(S(=O)(=O)C2CC3CC[C@@H](C2)C3(O)C(O)Cn2cccn2)c1. The van der Waals surface area contributed by atoms with E-state index in [1.165, 1.54) is 28.9 Å². The van der Waals surface area contributed by atoms with E-state index in [2.05, 4.69) is 10.4 Å². The molecule has 2 saturated carbocycles. The van der Waals surface area contributed by atoms with Gasteiger partial charge >= 0.3 is 0 Å². The van der Waals surface area contributed by atoms with E-state index >= 15 is 0 Å². The number of rotatable bonds is 7. The van der Waals surface area contributed by atoms with Crippen LogP contribution in [-0.2, 0) is 16.4 Å². The fourth-order valence-electron chi connectivity index (χ4n) is 5.89. The fourth-order valence-corrected chi connectivity index (χ4v) is 8.29. The number of carbonyl (C=O) groups is 1. The largest absolute Gasteiger partial charge is 0.388 e. The third-order valence-corrected chi connectivity index (χ3v) is 10.5. The lowest BCUT2D eigenvalue weighted by Gasteiger charge is -2.45. The Labute approximate surface area is 223 Å². The highest BCUT2D eigenvalue weighted by atomic mass is 35.5. The highest BCUT2D eigenvalue weighted by Crippen LogP contribution is 2.53. The van der Waals surface area contributed by atoms with Crippen molar-refractivity contribution in [3.63, 3.8) is 0 Å². The molecule has 8 nitrogen and oxygen atoms in total. The fraction of sp³-hybridized carbons (Fsp3) is 0.385. The van der Waals surface area contributed by atoms with Crippen LogP contribution in [0.2, 0.25) is 5.02 Å². The molecule has 4 unspecified atom stereocenters. The first kappa shape index (κ1) is 26.7. The second-order valence-electron chi connectivity index (χ2n) is 9.97. The van der Waals surface area contributed by atoms with E-state index in [4.69, 9.17) is 11.6 Å². The lowest BCUT2D eigenvalue weighted by atomic mass is 9.71. The van der Waals surface area contributed by atoms with E-state index < -0.39 is 56.2 Å². The van der Waals surface area contributed by atoms with Gasteiger partial charge in [-0.15, -0.1) is 0 Å². The van der Waals surface area contributed by atoms with Crippen molar-refractivity contribution in [2.45, 2.75) is 54.1 Å². The van der Waals surface area contributed by atoms with E-state index in [0.29, 0.717) is 12.8 Å². The van der Waals surface area contributed by atoms with Gasteiger partial charge in [-0.3, -0.25) is 9.48 Å². The van der Waals surface area contributed by atoms with Gasteiger partial charge in [-0.05, 0) is 73.9 Å². The summed E-state index contributed by atoms with van der Waals surface area (Å²) in [6.07, 6.45) is 3.56. The Hall–Kier alpha value is -2.86. The summed E-state index contributed by atoms with van der Waals surface area (Å²) in [6, 6.07) is 8.40. The number of halogens is 3. The molecule has 5 rings (SSSR count). The Kier molecular flexibility index (Phi) is 7.06. The molecule has 1 amide bonds. The van der Waals surface area contributed by atoms with Gasteiger partial charge in [0.25, 0.3) is 5.91 Å². The first-order valence-corrected chi connectivity index (χ1v) is 14.1. The molecule has 0 aliphatic heterocycles. The van der Waals surface area contributed by atoms with Gasteiger partial charge in [-0.25, -0.2) is 17.2 Å². The number of aromatic nitrogens is 2. The standard InChI is InChI=1S/C26H26ClF2N3O5S/c27-20-6-2-15(25(34)31-18-5-7-21(28)22(29)13-18)10-23(20)38(36,37)19-11-16-3-4-17(12-19)26(16,35)24(33)14-32-9-1-8-30-32/h1-2,5-10,13,16-17,19,24,33,35H,3-4,11-12,14H2,(H,31,34)/t16-,17?,19?,24?,26?/m0/s1. The second-order valence-corrected chi connectivity index (χ2v) is 12.6. The smallest absolute Gasteiger partial charge is 0.255 e. The average Bonchev–Trinajstić information content (AvgIpc) is 3.42. The summed E-state index contributed by atoms with van der Waals surface area (Å²) in [5, 5.41) is 28.0. The normalized spacial score (nSPS) is 25.8. The number of aliphatic hydroxyl groups excluding tert-OH is 1. The molecule has 0 spiro atoms. The minimum Gasteiger partial charge on any atom is -0.388 e. The summed E-state index contributed by atoms with van der Waals surface area (Å²) < 4.78 is 55.7. The summed E-state index contributed by atoms with van der Waals surface area (Å²) in [6.45, 7) is 0.0921. The molecule has 1 heterocycles. The Morgan fingerprint density at radius 3 is 2.50 bits per heavy atom. The molecule has 0 saturated heterocycles. The van der Waals surface area contributed by atoms with Crippen LogP contribution >= 0.6 is 11.6 Å². The lowest BCUT2D eigenvalue weighted by Crippen LogP contribution is -2.56. The van der Waals surface area contributed by atoms with Crippen molar-refractivity contribution >= 4 is 33.0 Å². The number of nitrogens with zero attached hydrogens (tertiary/aromatic N) is 2. The Morgan fingerprint density at radius 2 is 1.87 bits per heavy atom. The van der Waals surface area contributed by atoms with Crippen LogP contribution in [0, 0.1) is 23.5 Å². The Bertz CT molecular complexity index is 1450. The molecule has 2 aliphatic rings. The molecule has 202 valence electrons. The van der Waals surface area contributed by atoms with Gasteiger partial charge in [0.15, 0.2) is 21.5 Å². The zero-order valence-corrected chi connectivity index (χ0v) is 21.7. The summed E-state index contributed by atoms with van der Waals surface area (Å²) in [5.41, 5.74) is -1.46. The number of benzene rings is 2. The molecule has 2 fully saturated rings. The minimum absolute atomic E-state index is 0.00469. The molecular formula is C26H26ClF2N3O5S. The lowest BCUT2D eigenvalue weighted by molar-refractivity contribution is -0.147. The number of anilines is 1. The van der Waals surface area contributed by atoms with Crippen LogP contribution < -0.4 is 5.32 Å². The molecule has 2 bridgehead atoms. The van der Waals surface area contributed by atoms with Gasteiger partial charge in [0.05, 0.1) is 27.3 Å². The molecule has 2 aliphatic carbocycles. The van der Waals surface area contributed by atoms with Crippen molar-refractivity contribution in [3.8, 4) is 0 Å². The van der Waals surface area contributed by atoms with Crippen LogP contribution in [0.1, 0.15) is 36.0 Å². The van der Waals surface area contributed by atoms with E-state index in [9.17, 15) is 32.2 Å². The summed E-state index contributed by atoms with van der Waals surface area (Å²) in [7, 11) is -4.02. The van der Waals surface area contributed by atoms with Crippen LogP contribution in [0.15, 0.2) is 59.8 Å². The molecule has 2 aromatic carbocycles. The van der Waals surface area contributed by atoms with Gasteiger partial charge in [0.1, 0.15) is 6.10 Å². The van der Waals surface area contributed by atoms with Crippen molar-refractivity contribution in [3.05, 3.63) is 77.1 Å². The van der Waals surface area contributed by atoms with Gasteiger partial charge in [-0.2, -0.15) is 5.10 Å². The number of fused-ring (bicyclic) bond motifs is 2. The van der Waals surface area contributed by atoms with Crippen LogP contribution in [-0.4, -0.2) is 51.3 Å². The third kappa shape index (κ3) is 4.72. The third-order valence-electron chi connectivity index (χ3n) is 7.84. The highest BCUT2D eigenvalue weighted by molar-refractivity contribution is 7.92. The number of hydrogen-bond donors (Lipinski definition) is 3. The Balaban J connectivity index is 1.36. The second kappa shape index (κ2) is 10.0. The summed E-state index contributed by atoms with van der Waals surface area (Å²) in [5.74, 6) is -3.80. The molecule has 3 aromatic rings. The van der Waals surface area contributed by atoms with Gasteiger partial charge in [0, 0.05) is 29.7 Å². The topological polar surface area (TPSA) is 122 Å². The summed E-state index contributed by atoms with van der Waals surface area (Å²) >= 11 is 6.28. The highest BCUT2D eigenvalue weighted by Gasteiger charge is 2.59. The van der Waals surface area contributed by atoms with Crippen molar-refractivity contribution in [1.29, 1.82) is 0 Å². The molecule has 1 aromatic heterocycles. The van der Waals surface area contributed by atoms with E-state index in [1.54, 1.807) is 18.5 Å². The maximum absolute atomic E-state index is 13.7. The number of aliphatic hydroxyl groups is 2. The zero-order valence-electron chi connectivity index (χ0n) is 20.1.